The fourth-order valence-corrected chi connectivity index (χ4v) is 3.41. The lowest BCUT2D eigenvalue weighted by Crippen LogP contribution is -2.39. The van der Waals surface area contributed by atoms with Gasteiger partial charge in [-0.1, -0.05) is 49.7 Å². The van der Waals surface area contributed by atoms with Crippen LogP contribution >= 0.6 is 11.6 Å². The van der Waals surface area contributed by atoms with Crippen molar-refractivity contribution in [2.45, 2.75) is 47.1 Å². The zero-order valence-electron chi connectivity index (χ0n) is 17.4. The molecule has 0 atom stereocenters. The Hall–Kier alpha value is -1.84. The highest BCUT2D eigenvalue weighted by Gasteiger charge is 2.26. The average Bonchev–Trinajstić information content (AvgIpc) is 3.09. The number of rotatable bonds is 4. The van der Waals surface area contributed by atoms with E-state index in [1.165, 1.54) is 37.1 Å². The first-order chi connectivity index (χ1) is 12.9. The Morgan fingerprint density at radius 2 is 1.63 bits per heavy atom. The molecule has 1 saturated heterocycles. The molecule has 0 bridgehead atoms. The largest absolute Gasteiger partial charge is 0.329 e. The topological polar surface area (TPSA) is 29.1 Å². The fraction of sp³-hybridized carbons (Fsp3) is 0.435. The molecule has 0 aliphatic carbocycles. The predicted octanol–water partition coefficient (Wildman–Crippen LogP) is 5.98. The molecule has 1 amide bonds. The van der Waals surface area contributed by atoms with Crippen LogP contribution in [0.2, 0.25) is 5.02 Å². The number of quaternary nitrogens is 1. The molecule has 1 aliphatic heterocycles. The van der Waals surface area contributed by atoms with Crippen molar-refractivity contribution in [3.8, 4) is 0 Å². The zero-order chi connectivity index (χ0) is 20.3. The first-order valence-electron chi connectivity index (χ1n) is 9.77. The summed E-state index contributed by atoms with van der Waals surface area (Å²) in [7, 11) is 2.32. The van der Waals surface area contributed by atoms with Crippen LogP contribution in [0.1, 0.15) is 43.4 Å². The molecule has 1 fully saturated rings. The van der Waals surface area contributed by atoms with Crippen molar-refractivity contribution in [1.82, 2.24) is 0 Å². The van der Waals surface area contributed by atoms with E-state index >= 15 is 0 Å². The van der Waals surface area contributed by atoms with Gasteiger partial charge in [-0.15, -0.1) is 0 Å². The molecule has 27 heavy (non-hydrogen) atoms. The van der Waals surface area contributed by atoms with Gasteiger partial charge >= 0.3 is 0 Å². The van der Waals surface area contributed by atoms with Gasteiger partial charge in [-0.2, -0.15) is 0 Å². The van der Waals surface area contributed by atoms with Crippen LogP contribution in [0.15, 0.2) is 42.5 Å². The summed E-state index contributed by atoms with van der Waals surface area (Å²) in [5.41, 5.74) is 4.57. The fourth-order valence-electron chi connectivity index (χ4n) is 3.17. The third kappa shape index (κ3) is 8.15. The van der Waals surface area contributed by atoms with Crippen LogP contribution in [0.25, 0.3) is 0 Å². The second kappa shape index (κ2) is 11.8. The van der Waals surface area contributed by atoms with Crippen LogP contribution in [0.4, 0.5) is 5.69 Å². The molecule has 2 aromatic rings. The molecule has 0 spiro atoms. The van der Waals surface area contributed by atoms with Gasteiger partial charge in [-0.3, -0.25) is 4.79 Å². The van der Waals surface area contributed by atoms with Gasteiger partial charge in [0, 0.05) is 29.1 Å². The SMILES string of the molecule is CC.C[N+]1(Cc2ccc(NC=O)cc2)CCCC1.Cc1ccc(C)c(Cl)c1. The maximum Gasteiger partial charge on any atom is 0.211 e. The van der Waals surface area contributed by atoms with Crippen LogP contribution in [-0.4, -0.2) is 31.0 Å². The Balaban J connectivity index is 0.000000282. The number of amides is 1. The van der Waals surface area contributed by atoms with E-state index in [9.17, 15) is 4.79 Å². The van der Waals surface area contributed by atoms with Crippen molar-refractivity contribution in [3.05, 3.63) is 64.2 Å². The average molecular weight is 390 g/mol. The molecule has 0 radical (unpaired) electrons. The van der Waals surface area contributed by atoms with Crippen molar-refractivity contribution >= 4 is 23.7 Å². The standard InChI is InChI=1S/C13H18N2O.C8H9Cl.C2H6/c1-15(8-2-3-9-15)10-12-4-6-13(7-5-12)14-11-16;1-6-3-4-7(2)8(9)5-6;1-2/h4-7,11H,2-3,8-10H2,1H3;3-5H,1-2H3;1-2H3/p+1. The molecule has 3 rings (SSSR count). The highest BCUT2D eigenvalue weighted by atomic mass is 35.5. The monoisotopic (exact) mass is 389 g/mol. The van der Waals surface area contributed by atoms with Gasteiger partial charge in [0.1, 0.15) is 6.54 Å². The molecule has 1 N–H and O–H groups in total. The van der Waals surface area contributed by atoms with Crippen molar-refractivity contribution in [2.75, 3.05) is 25.5 Å². The van der Waals surface area contributed by atoms with E-state index in [1.807, 2.05) is 52.0 Å². The number of hydrogen-bond acceptors (Lipinski definition) is 1. The number of halogens is 1. The molecule has 1 heterocycles. The van der Waals surface area contributed by atoms with Crippen LogP contribution in [0.3, 0.4) is 0 Å². The maximum atomic E-state index is 10.3. The normalized spacial score (nSPS) is 14.3. The highest BCUT2D eigenvalue weighted by molar-refractivity contribution is 6.31. The van der Waals surface area contributed by atoms with Crippen LogP contribution in [0, 0.1) is 13.8 Å². The quantitative estimate of drug-likeness (QED) is 0.505. The summed E-state index contributed by atoms with van der Waals surface area (Å²) in [5, 5.41) is 3.51. The van der Waals surface area contributed by atoms with Gasteiger partial charge in [0.15, 0.2) is 0 Å². The Kier molecular flexibility index (Phi) is 10.1. The first kappa shape index (κ1) is 23.2. The first-order valence-corrected chi connectivity index (χ1v) is 10.2. The minimum atomic E-state index is 0.712. The van der Waals surface area contributed by atoms with Crippen LogP contribution in [0.5, 0.6) is 0 Å². The number of carbonyl (C=O) groups is 1. The second-order valence-corrected chi connectivity index (χ2v) is 7.55. The smallest absolute Gasteiger partial charge is 0.211 e. The van der Waals surface area contributed by atoms with Gasteiger partial charge < -0.3 is 9.80 Å². The molecular formula is C23H34ClN2O+. The lowest BCUT2D eigenvalue weighted by Gasteiger charge is -2.29. The minimum absolute atomic E-state index is 0.712. The molecule has 1 aliphatic rings. The molecule has 0 unspecified atom stereocenters. The summed E-state index contributed by atoms with van der Waals surface area (Å²) in [6.45, 7) is 11.7. The van der Waals surface area contributed by atoms with E-state index in [0.29, 0.717) is 6.41 Å². The van der Waals surface area contributed by atoms with E-state index in [-0.39, 0.29) is 0 Å². The van der Waals surface area contributed by atoms with Gasteiger partial charge in [0.2, 0.25) is 6.41 Å². The number of hydrogen-bond donors (Lipinski definition) is 1. The van der Waals surface area contributed by atoms with Crippen molar-refractivity contribution in [1.29, 1.82) is 0 Å². The molecule has 148 valence electrons. The minimum Gasteiger partial charge on any atom is -0.329 e. The summed E-state index contributed by atoms with van der Waals surface area (Å²) < 4.78 is 1.15. The number of nitrogens with zero attached hydrogens (tertiary/aromatic N) is 1. The van der Waals surface area contributed by atoms with Gasteiger partial charge in [0.05, 0.1) is 20.1 Å². The molecule has 3 nitrogen and oxygen atoms in total. The number of likely N-dealkylation sites (tertiary alicyclic amines) is 1. The summed E-state index contributed by atoms with van der Waals surface area (Å²) in [4.78, 5) is 10.3. The summed E-state index contributed by atoms with van der Waals surface area (Å²) in [5.74, 6) is 0. The number of aryl methyl sites for hydroxylation is 2. The maximum absolute atomic E-state index is 10.3. The van der Waals surface area contributed by atoms with E-state index < -0.39 is 0 Å². The van der Waals surface area contributed by atoms with E-state index in [2.05, 4.69) is 30.6 Å². The van der Waals surface area contributed by atoms with E-state index in [0.717, 1.165) is 27.3 Å². The number of anilines is 1. The van der Waals surface area contributed by atoms with Gasteiger partial charge in [-0.05, 0) is 43.2 Å². The third-order valence-electron chi connectivity index (χ3n) is 4.72. The number of benzene rings is 2. The summed E-state index contributed by atoms with van der Waals surface area (Å²) in [6, 6.07) is 14.2. The lowest BCUT2D eigenvalue weighted by atomic mass is 10.2. The van der Waals surface area contributed by atoms with Crippen molar-refractivity contribution < 1.29 is 9.28 Å². The Morgan fingerprint density at radius 3 is 2.11 bits per heavy atom. The summed E-state index contributed by atoms with van der Waals surface area (Å²) >= 11 is 5.81. The van der Waals surface area contributed by atoms with E-state index in [4.69, 9.17) is 11.6 Å². The Morgan fingerprint density at radius 1 is 1.04 bits per heavy atom. The second-order valence-electron chi connectivity index (χ2n) is 7.14. The highest BCUT2D eigenvalue weighted by Crippen LogP contribution is 2.21. The van der Waals surface area contributed by atoms with Crippen LogP contribution in [-0.2, 0) is 11.3 Å². The predicted molar refractivity (Wildman–Crippen MR) is 117 cm³/mol. The lowest BCUT2D eigenvalue weighted by molar-refractivity contribution is -0.910. The molecular weight excluding hydrogens is 356 g/mol. The number of carbonyl (C=O) groups excluding carboxylic acids is 1. The number of nitrogens with one attached hydrogen (secondary N) is 1. The van der Waals surface area contributed by atoms with Crippen molar-refractivity contribution in [2.24, 2.45) is 0 Å². The Labute approximate surface area is 169 Å². The van der Waals surface area contributed by atoms with Gasteiger partial charge in [-0.25, -0.2) is 0 Å². The summed E-state index contributed by atoms with van der Waals surface area (Å²) in [6.07, 6.45) is 3.41. The zero-order valence-corrected chi connectivity index (χ0v) is 18.1. The van der Waals surface area contributed by atoms with E-state index in [1.54, 1.807) is 0 Å². The Bertz CT molecular complexity index is 692. The van der Waals surface area contributed by atoms with Crippen LogP contribution < -0.4 is 5.32 Å². The molecule has 4 heteroatoms. The van der Waals surface area contributed by atoms with Gasteiger partial charge in [0.25, 0.3) is 0 Å². The third-order valence-corrected chi connectivity index (χ3v) is 5.12. The molecule has 0 aromatic heterocycles. The molecule has 2 aromatic carbocycles. The van der Waals surface area contributed by atoms with Crippen molar-refractivity contribution in [3.63, 3.8) is 0 Å². The molecule has 0 saturated carbocycles.